The van der Waals surface area contributed by atoms with Crippen molar-refractivity contribution in [2.45, 2.75) is 44.6 Å². The second-order valence-corrected chi connectivity index (χ2v) is 6.68. The van der Waals surface area contributed by atoms with Crippen molar-refractivity contribution in [3.63, 3.8) is 0 Å². The molecule has 2 aliphatic heterocycles. The minimum Gasteiger partial charge on any atom is -0.340 e. The standard InChI is InChI=1S/C17H22ClN3O2/c18-15-6-5-13(12-19-15)17(23)20-10-7-14(8-11-20)21-9-3-1-2-4-16(21)22/h5-6,12,14H,1-4,7-11H2. The van der Waals surface area contributed by atoms with Crippen LogP contribution in [0.4, 0.5) is 0 Å². The molecule has 0 N–H and O–H groups in total. The van der Waals surface area contributed by atoms with E-state index in [1.54, 1.807) is 12.1 Å². The highest BCUT2D eigenvalue weighted by Crippen LogP contribution is 2.22. The van der Waals surface area contributed by atoms with Crippen molar-refractivity contribution in [2.24, 2.45) is 0 Å². The zero-order valence-electron chi connectivity index (χ0n) is 13.2. The number of pyridine rings is 1. The lowest BCUT2D eigenvalue weighted by Crippen LogP contribution is -2.48. The van der Waals surface area contributed by atoms with Gasteiger partial charge in [-0.1, -0.05) is 18.0 Å². The van der Waals surface area contributed by atoms with Gasteiger partial charge in [0.1, 0.15) is 5.15 Å². The van der Waals surface area contributed by atoms with Crippen LogP contribution in [0.1, 0.15) is 48.9 Å². The van der Waals surface area contributed by atoms with Gasteiger partial charge in [0, 0.05) is 38.3 Å². The van der Waals surface area contributed by atoms with E-state index < -0.39 is 0 Å². The number of hydrogen-bond acceptors (Lipinski definition) is 3. The van der Waals surface area contributed by atoms with Crippen molar-refractivity contribution < 1.29 is 9.59 Å². The summed E-state index contributed by atoms with van der Waals surface area (Å²) in [6.45, 7) is 2.25. The first-order valence-corrected chi connectivity index (χ1v) is 8.73. The number of carbonyl (C=O) groups excluding carboxylic acids is 2. The maximum absolute atomic E-state index is 12.5. The van der Waals surface area contributed by atoms with Gasteiger partial charge < -0.3 is 9.80 Å². The van der Waals surface area contributed by atoms with Crippen LogP contribution in [0.5, 0.6) is 0 Å². The number of piperidine rings is 1. The zero-order valence-corrected chi connectivity index (χ0v) is 14.0. The lowest BCUT2D eigenvalue weighted by atomic mass is 10.0. The van der Waals surface area contributed by atoms with Crippen LogP contribution in [-0.4, -0.2) is 52.3 Å². The SMILES string of the molecule is O=C(c1ccc(Cl)nc1)N1CCC(N2CCCCCC2=O)CC1. The number of aromatic nitrogens is 1. The van der Waals surface area contributed by atoms with Crippen molar-refractivity contribution in [3.8, 4) is 0 Å². The highest BCUT2D eigenvalue weighted by atomic mass is 35.5. The molecule has 1 aromatic rings. The van der Waals surface area contributed by atoms with Crippen molar-refractivity contribution >= 4 is 23.4 Å². The Bertz CT molecular complexity index is 568. The number of amides is 2. The summed E-state index contributed by atoms with van der Waals surface area (Å²) in [5, 5.41) is 0.389. The fourth-order valence-electron chi connectivity index (χ4n) is 3.46. The Morgan fingerprint density at radius 3 is 2.61 bits per heavy atom. The van der Waals surface area contributed by atoms with Gasteiger partial charge in [0.25, 0.3) is 5.91 Å². The van der Waals surface area contributed by atoms with Crippen molar-refractivity contribution in [3.05, 3.63) is 29.0 Å². The third kappa shape index (κ3) is 3.83. The second kappa shape index (κ2) is 7.30. The van der Waals surface area contributed by atoms with Gasteiger partial charge in [0.2, 0.25) is 5.91 Å². The minimum atomic E-state index is -0.00481. The predicted molar refractivity (Wildman–Crippen MR) is 88.4 cm³/mol. The molecule has 2 aliphatic rings. The molecule has 0 saturated carbocycles. The molecule has 124 valence electrons. The molecule has 23 heavy (non-hydrogen) atoms. The van der Waals surface area contributed by atoms with Gasteiger partial charge in [-0.05, 0) is 37.8 Å². The van der Waals surface area contributed by atoms with E-state index in [-0.39, 0.29) is 17.9 Å². The van der Waals surface area contributed by atoms with Gasteiger partial charge in [-0.2, -0.15) is 0 Å². The summed E-state index contributed by atoms with van der Waals surface area (Å²) < 4.78 is 0. The summed E-state index contributed by atoms with van der Waals surface area (Å²) in [5.74, 6) is 0.281. The van der Waals surface area contributed by atoms with Crippen LogP contribution in [0, 0.1) is 0 Å². The lowest BCUT2D eigenvalue weighted by molar-refractivity contribution is -0.133. The second-order valence-electron chi connectivity index (χ2n) is 6.29. The molecule has 0 spiro atoms. The third-order valence-corrected chi connectivity index (χ3v) is 5.00. The number of nitrogens with zero attached hydrogens (tertiary/aromatic N) is 3. The fourth-order valence-corrected chi connectivity index (χ4v) is 3.57. The van der Waals surface area contributed by atoms with Crippen molar-refractivity contribution in [2.75, 3.05) is 19.6 Å². The first-order valence-electron chi connectivity index (χ1n) is 8.35. The zero-order chi connectivity index (χ0) is 16.2. The number of carbonyl (C=O) groups is 2. The molecule has 0 aromatic carbocycles. The quantitative estimate of drug-likeness (QED) is 0.781. The molecule has 5 nitrogen and oxygen atoms in total. The summed E-state index contributed by atoms with van der Waals surface area (Å²) in [6.07, 6.45) is 7.17. The Morgan fingerprint density at radius 2 is 1.91 bits per heavy atom. The minimum absolute atomic E-state index is 0.00481. The highest BCUT2D eigenvalue weighted by Gasteiger charge is 2.30. The average molecular weight is 336 g/mol. The molecule has 3 rings (SSSR count). The lowest BCUT2D eigenvalue weighted by Gasteiger charge is -2.38. The van der Waals surface area contributed by atoms with Crippen molar-refractivity contribution in [1.82, 2.24) is 14.8 Å². The summed E-state index contributed by atoms with van der Waals surface area (Å²) in [5.41, 5.74) is 0.568. The number of rotatable bonds is 2. The van der Waals surface area contributed by atoms with Crippen LogP contribution < -0.4 is 0 Å². The number of likely N-dealkylation sites (tertiary alicyclic amines) is 2. The van der Waals surface area contributed by atoms with Crippen molar-refractivity contribution in [1.29, 1.82) is 0 Å². The van der Waals surface area contributed by atoms with E-state index in [4.69, 9.17) is 11.6 Å². The molecular formula is C17H22ClN3O2. The third-order valence-electron chi connectivity index (χ3n) is 4.78. The predicted octanol–water partition coefficient (Wildman–Crippen LogP) is 2.74. The smallest absolute Gasteiger partial charge is 0.255 e. The van der Waals surface area contributed by atoms with Crippen LogP contribution in [0.3, 0.4) is 0 Å². The molecule has 0 unspecified atom stereocenters. The van der Waals surface area contributed by atoms with Gasteiger partial charge in [-0.15, -0.1) is 0 Å². The summed E-state index contributed by atoms with van der Waals surface area (Å²) >= 11 is 5.76. The highest BCUT2D eigenvalue weighted by molar-refractivity contribution is 6.29. The molecule has 3 heterocycles. The Balaban J connectivity index is 1.58. The molecule has 2 amide bonds. The molecular weight excluding hydrogens is 314 g/mol. The van der Waals surface area contributed by atoms with E-state index in [2.05, 4.69) is 9.88 Å². The molecule has 1 aromatic heterocycles. The van der Waals surface area contributed by atoms with E-state index in [0.29, 0.717) is 30.2 Å². The number of halogens is 1. The van der Waals surface area contributed by atoms with Gasteiger partial charge in [-0.25, -0.2) is 4.98 Å². The van der Waals surface area contributed by atoms with Gasteiger partial charge in [0.05, 0.1) is 5.56 Å². The molecule has 2 fully saturated rings. The van der Waals surface area contributed by atoms with Gasteiger partial charge >= 0.3 is 0 Å². The maximum atomic E-state index is 12.5. The Morgan fingerprint density at radius 1 is 1.13 bits per heavy atom. The molecule has 6 heteroatoms. The Labute approximate surface area is 141 Å². The molecule has 0 radical (unpaired) electrons. The monoisotopic (exact) mass is 335 g/mol. The Kier molecular flexibility index (Phi) is 5.16. The molecule has 2 saturated heterocycles. The normalized spacial score (nSPS) is 20.5. The van der Waals surface area contributed by atoms with E-state index in [0.717, 1.165) is 38.6 Å². The van der Waals surface area contributed by atoms with Crippen LogP contribution in [-0.2, 0) is 4.79 Å². The van der Waals surface area contributed by atoms with Gasteiger partial charge in [0.15, 0.2) is 0 Å². The Hall–Kier alpha value is -1.62. The van der Waals surface area contributed by atoms with Crippen LogP contribution >= 0.6 is 11.6 Å². The van der Waals surface area contributed by atoms with E-state index in [9.17, 15) is 9.59 Å². The van der Waals surface area contributed by atoms with E-state index >= 15 is 0 Å². The number of hydrogen-bond donors (Lipinski definition) is 0. The van der Waals surface area contributed by atoms with Crippen LogP contribution in [0.2, 0.25) is 5.15 Å². The van der Waals surface area contributed by atoms with Gasteiger partial charge in [-0.3, -0.25) is 9.59 Å². The summed E-state index contributed by atoms with van der Waals surface area (Å²) in [7, 11) is 0. The fraction of sp³-hybridized carbons (Fsp3) is 0.588. The average Bonchev–Trinajstić information content (AvgIpc) is 2.79. The van der Waals surface area contributed by atoms with Crippen LogP contribution in [0.15, 0.2) is 18.3 Å². The summed E-state index contributed by atoms with van der Waals surface area (Å²) in [6, 6.07) is 3.63. The first kappa shape index (κ1) is 16.2. The first-order chi connectivity index (χ1) is 11.1. The molecule has 0 aliphatic carbocycles. The summed E-state index contributed by atoms with van der Waals surface area (Å²) in [4.78, 5) is 32.6. The van der Waals surface area contributed by atoms with Crippen LogP contribution in [0.25, 0.3) is 0 Å². The van der Waals surface area contributed by atoms with E-state index in [1.807, 2.05) is 4.90 Å². The molecule has 0 atom stereocenters. The van der Waals surface area contributed by atoms with E-state index in [1.165, 1.54) is 6.20 Å². The topological polar surface area (TPSA) is 53.5 Å². The molecule has 0 bridgehead atoms. The largest absolute Gasteiger partial charge is 0.340 e. The maximum Gasteiger partial charge on any atom is 0.255 e.